The third-order valence-corrected chi connectivity index (χ3v) is 6.31. The van der Waals surface area contributed by atoms with Crippen LogP contribution in [0.4, 0.5) is 5.69 Å². The highest BCUT2D eigenvalue weighted by atomic mass is 32.2. The summed E-state index contributed by atoms with van der Waals surface area (Å²) in [6, 6.07) is 6.92. The summed E-state index contributed by atoms with van der Waals surface area (Å²) < 4.78 is 28.3. The molecule has 1 fully saturated rings. The average Bonchev–Trinajstić information content (AvgIpc) is 2.88. The zero-order chi connectivity index (χ0) is 19.4. The minimum atomic E-state index is -3.05. The molecule has 1 saturated heterocycles. The van der Waals surface area contributed by atoms with Gasteiger partial charge in [0.25, 0.3) is 5.91 Å². The molecular formula is C17H21N3O6S. The monoisotopic (exact) mass is 395 g/mol. The van der Waals surface area contributed by atoms with Crippen LogP contribution in [0.15, 0.2) is 24.3 Å². The lowest BCUT2D eigenvalue weighted by Gasteiger charge is -2.21. The van der Waals surface area contributed by atoms with Gasteiger partial charge in [0.05, 0.1) is 30.2 Å². The number of amides is 3. The highest BCUT2D eigenvalue weighted by Crippen LogP contribution is 2.30. The molecule has 0 spiro atoms. The first kappa shape index (κ1) is 19.2. The lowest BCUT2D eigenvalue weighted by Crippen LogP contribution is -2.48. The van der Waals surface area contributed by atoms with Crippen molar-refractivity contribution in [1.29, 1.82) is 0 Å². The van der Waals surface area contributed by atoms with E-state index in [1.807, 2.05) is 0 Å². The van der Waals surface area contributed by atoms with Gasteiger partial charge in [-0.2, -0.15) is 0 Å². The summed E-state index contributed by atoms with van der Waals surface area (Å²) in [5, 5.41) is 0. The van der Waals surface area contributed by atoms with Crippen LogP contribution < -0.4 is 20.5 Å². The zero-order valence-electron chi connectivity index (χ0n) is 14.6. The Morgan fingerprint density at radius 1 is 1.19 bits per heavy atom. The van der Waals surface area contributed by atoms with E-state index < -0.39 is 21.7 Å². The average molecular weight is 395 g/mol. The Balaban J connectivity index is 1.53. The Kier molecular flexibility index (Phi) is 5.64. The van der Waals surface area contributed by atoms with Gasteiger partial charge in [0, 0.05) is 6.42 Å². The second kappa shape index (κ2) is 7.95. The molecule has 1 atom stereocenters. The number of hydrogen-bond acceptors (Lipinski definition) is 6. The number of carbonyl (C=O) groups is 3. The van der Waals surface area contributed by atoms with Gasteiger partial charge in [-0.15, -0.1) is 0 Å². The van der Waals surface area contributed by atoms with Crippen LogP contribution >= 0.6 is 0 Å². The Morgan fingerprint density at radius 2 is 1.93 bits per heavy atom. The van der Waals surface area contributed by atoms with Crippen LogP contribution in [0.1, 0.15) is 19.3 Å². The van der Waals surface area contributed by atoms with Gasteiger partial charge in [0.2, 0.25) is 11.8 Å². The lowest BCUT2D eigenvalue weighted by atomic mass is 10.1. The molecule has 9 nitrogen and oxygen atoms in total. The first-order valence-corrected chi connectivity index (χ1v) is 10.5. The number of nitrogens with zero attached hydrogens (tertiary/aromatic N) is 1. The molecule has 10 heteroatoms. The second-order valence-corrected chi connectivity index (χ2v) is 8.84. The highest BCUT2D eigenvalue weighted by Gasteiger charge is 2.30. The summed E-state index contributed by atoms with van der Waals surface area (Å²) in [5.74, 6) is -0.907. The van der Waals surface area contributed by atoms with Gasteiger partial charge in [-0.05, 0) is 24.5 Å². The molecule has 1 aromatic rings. The fraction of sp³-hybridized carbons (Fsp3) is 0.471. The van der Waals surface area contributed by atoms with Crippen molar-refractivity contribution in [2.75, 3.05) is 29.6 Å². The molecule has 0 saturated carbocycles. The number of nitrogens with one attached hydrogen (secondary N) is 2. The van der Waals surface area contributed by atoms with Crippen molar-refractivity contribution in [3.05, 3.63) is 24.3 Å². The summed E-state index contributed by atoms with van der Waals surface area (Å²) >= 11 is 0. The number of fused-ring (bicyclic) bond motifs is 1. The summed E-state index contributed by atoms with van der Waals surface area (Å²) in [6.45, 7) is -0.0354. The van der Waals surface area contributed by atoms with Crippen molar-refractivity contribution in [3.63, 3.8) is 0 Å². The van der Waals surface area contributed by atoms with E-state index in [0.717, 1.165) is 0 Å². The van der Waals surface area contributed by atoms with Crippen molar-refractivity contribution < 1.29 is 27.5 Å². The van der Waals surface area contributed by atoms with Crippen molar-refractivity contribution in [2.24, 2.45) is 5.92 Å². The van der Waals surface area contributed by atoms with Gasteiger partial charge in [0.1, 0.15) is 12.3 Å². The summed E-state index contributed by atoms with van der Waals surface area (Å²) in [5.41, 5.74) is 5.05. The van der Waals surface area contributed by atoms with Crippen LogP contribution in [0.3, 0.4) is 0 Å². The maximum Gasteiger partial charge on any atom is 0.258 e. The number of rotatable bonds is 4. The van der Waals surface area contributed by atoms with Gasteiger partial charge < -0.3 is 4.74 Å². The molecule has 1 aromatic carbocycles. The van der Waals surface area contributed by atoms with Crippen molar-refractivity contribution in [1.82, 2.24) is 10.9 Å². The largest absolute Gasteiger partial charge is 0.491 e. The Labute approximate surface area is 156 Å². The van der Waals surface area contributed by atoms with E-state index >= 15 is 0 Å². The molecule has 0 unspecified atom stereocenters. The number of para-hydroxylation sites is 2. The van der Waals surface area contributed by atoms with Crippen LogP contribution in [0.5, 0.6) is 5.75 Å². The fourth-order valence-corrected chi connectivity index (χ4v) is 5.02. The summed E-state index contributed by atoms with van der Waals surface area (Å²) in [7, 11) is -3.05. The van der Waals surface area contributed by atoms with E-state index in [1.165, 1.54) is 4.90 Å². The van der Waals surface area contributed by atoms with Crippen LogP contribution in [0.2, 0.25) is 0 Å². The van der Waals surface area contributed by atoms with Gasteiger partial charge >= 0.3 is 0 Å². The number of anilines is 1. The maximum absolute atomic E-state index is 12.3. The number of ether oxygens (including phenoxy) is 1. The molecule has 0 radical (unpaired) electrons. The Hall–Kier alpha value is -2.62. The zero-order valence-corrected chi connectivity index (χ0v) is 15.5. The Bertz CT molecular complexity index is 854. The SMILES string of the molecule is O=C(C[C@@H]1CCS(=O)(=O)C1)NNC(=O)CN1C(=O)CCOc2ccccc21. The number of carbonyl (C=O) groups excluding carboxylic acids is 3. The van der Waals surface area contributed by atoms with Crippen molar-refractivity contribution in [3.8, 4) is 5.75 Å². The van der Waals surface area contributed by atoms with E-state index in [-0.39, 0.29) is 49.3 Å². The second-order valence-electron chi connectivity index (χ2n) is 6.62. The van der Waals surface area contributed by atoms with Crippen LogP contribution in [0, 0.1) is 5.92 Å². The van der Waals surface area contributed by atoms with Crippen LogP contribution in [-0.4, -0.2) is 50.8 Å². The van der Waals surface area contributed by atoms with E-state index in [4.69, 9.17) is 4.74 Å². The molecule has 2 heterocycles. The number of hydrogen-bond donors (Lipinski definition) is 2. The standard InChI is InChI=1S/C17H21N3O6S/c21-15(9-12-6-8-27(24,25)11-12)18-19-16(22)10-20-13-3-1-2-4-14(13)26-7-5-17(20)23/h1-4,12H,5-11H2,(H,18,21)(H,19,22)/t12-/m0/s1. The van der Waals surface area contributed by atoms with E-state index in [0.29, 0.717) is 17.9 Å². The van der Waals surface area contributed by atoms with Gasteiger partial charge in [-0.1, -0.05) is 12.1 Å². The van der Waals surface area contributed by atoms with E-state index in [1.54, 1.807) is 24.3 Å². The topological polar surface area (TPSA) is 122 Å². The first-order valence-electron chi connectivity index (χ1n) is 8.64. The highest BCUT2D eigenvalue weighted by molar-refractivity contribution is 7.91. The molecule has 2 N–H and O–H groups in total. The maximum atomic E-state index is 12.3. The minimum absolute atomic E-state index is 0.00652. The van der Waals surface area contributed by atoms with Crippen molar-refractivity contribution in [2.45, 2.75) is 19.3 Å². The summed E-state index contributed by atoms with van der Waals surface area (Å²) in [6.07, 6.45) is 0.617. The molecule has 0 aliphatic carbocycles. The molecule has 3 amide bonds. The van der Waals surface area contributed by atoms with Crippen LogP contribution in [0.25, 0.3) is 0 Å². The lowest BCUT2D eigenvalue weighted by molar-refractivity contribution is -0.129. The van der Waals surface area contributed by atoms with Crippen LogP contribution in [-0.2, 0) is 24.2 Å². The molecule has 0 bridgehead atoms. The quantitative estimate of drug-likeness (QED) is 0.680. The molecule has 146 valence electrons. The molecule has 2 aliphatic rings. The predicted molar refractivity (Wildman–Crippen MR) is 96.6 cm³/mol. The van der Waals surface area contributed by atoms with Crippen molar-refractivity contribution >= 4 is 33.2 Å². The summed E-state index contributed by atoms with van der Waals surface area (Å²) in [4.78, 5) is 37.6. The number of hydrazine groups is 1. The van der Waals surface area contributed by atoms with E-state index in [9.17, 15) is 22.8 Å². The molecule has 3 rings (SSSR count). The van der Waals surface area contributed by atoms with Gasteiger partial charge in [-0.25, -0.2) is 8.42 Å². The molecule has 0 aromatic heterocycles. The third kappa shape index (κ3) is 4.97. The van der Waals surface area contributed by atoms with Gasteiger partial charge in [-0.3, -0.25) is 30.1 Å². The minimum Gasteiger partial charge on any atom is -0.491 e. The number of benzene rings is 1. The third-order valence-electron chi connectivity index (χ3n) is 4.47. The normalized spacial score (nSPS) is 21.0. The van der Waals surface area contributed by atoms with E-state index in [2.05, 4.69) is 10.9 Å². The molecule has 27 heavy (non-hydrogen) atoms. The predicted octanol–water partition coefficient (Wildman–Crippen LogP) is -0.226. The Morgan fingerprint density at radius 3 is 2.67 bits per heavy atom. The van der Waals surface area contributed by atoms with Gasteiger partial charge in [0.15, 0.2) is 9.84 Å². The number of sulfone groups is 1. The first-order chi connectivity index (χ1) is 12.8. The fourth-order valence-electron chi connectivity index (χ4n) is 3.16. The smallest absolute Gasteiger partial charge is 0.258 e. The molecule has 2 aliphatic heterocycles. The molecular weight excluding hydrogens is 374 g/mol.